The zero-order chi connectivity index (χ0) is 18.2. The van der Waals surface area contributed by atoms with Gasteiger partial charge in [-0.1, -0.05) is 30.7 Å². The van der Waals surface area contributed by atoms with Crippen molar-refractivity contribution in [1.82, 2.24) is 10.2 Å². The SMILES string of the molecule is COc1ccc(C(CNCc2ccc(C#N)cc2)N2CCCCC2)cc1. The molecular weight excluding hydrogens is 322 g/mol. The predicted molar refractivity (Wildman–Crippen MR) is 104 cm³/mol. The molecule has 2 aromatic carbocycles. The molecule has 1 fully saturated rings. The van der Waals surface area contributed by atoms with Crippen molar-refractivity contribution in [3.63, 3.8) is 0 Å². The van der Waals surface area contributed by atoms with E-state index in [1.54, 1.807) is 7.11 Å². The minimum atomic E-state index is 0.375. The van der Waals surface area contributed by atoms with Gasteiger partial charge in [0.25, 0.3) is 0 Å². The molecule has 4 nitrogen and oxygen atoms in total. The summed E-state index contributed by atoms with van der Waals surface area (Å²) in [6.45, 7) is 4.04. The van der Waals surface area contributed by atoms with Gasteiger partial charge in [0.15, 0.2) is 0 Å². The summed E-state index contributed by atoms with van der Waals surface area (Å²) in [5.74, 6) is 0.900. The monoisotopic (exact) mass is 349 g/mol. The van der Waals surface area contributed by atoms with E-state index in [2.05, 4.69) is 28.4 Å². The van der Waals surface area contributed by atoms with Crippen molar-refractivity contribution in [2.45, 2.75) is 31.8 Å². The molecule has 0 amide bonds. The average Bonchev–Trinajstić information content (AvgIpc) is 2.72. The zero-order valence-electron chi connectivity index (χ0n) is 15.4. The Hall–Kier alpha value is -2.35. The summed E-state index contributed by atoms with van der Waals surface area (Å²) in [5, 5.41) is 12.5. The minimum Gasteiger partial charge on any atom is -0.497 e. The number of rotatable bonds is 7. The van der Waals surface area contributed by atoms with Crippen LogP contribution in [0, 0.1) is 11.3 Å². The Labute approximate surface area is 156 Å². The van der Waals surface area contributed by atoms with E-state index in [-0.39, 0.29) is 0 Å². The van der Waals surface area contributed by atoms with Crippen LogP contribution in [-0.2, 0) is 6.54 Å². The molecule has 1 heterocycles. The molecule has 136 valence electrons. The Kier molecular flexibility index (Phi) is 6.65. The number of likely N-dealkylation sites (tertiary alicyclic amines) is 1. The Morgan fingerprint density at radius 2 is 1.73 bits per heavy atom. The van der Waals surface area contributed by atoms with Gasteiger partial charge in [-0.15, -0.1) is 0 Å². The highest BCUT2D eigenvalue weighted by Crippen LogP contribution is 2.26. The Morgan fingerprint density at radius 3 is 2.35 bits per heavy atom. The first-order chi connectivity index (χ1) is 12.8. The number of nitriles is 1. The van der Waals surface area contributed by atoms with Crippen LogP contribution >= 0.6 is 0 Å². The lowest BCUT2D eigenvalue weighted by molar-refractivity contribution is 0.160. The second-order valence-electron chi connectivity index (χ2n) is 6.83. The molecular formula is C22H27N3O. The minimum absolute atomic E-state index is 0.375. The molecule has 0 aromatic heterocycles. The fourth-order valence-corrected chi connectivity index (χ4v) is 3.56. The largest absolute Gasteiger partial charge is 0.497 e. The fourth-order valence-electron chi connectivity index (χ4n) is 3.56. The van der Waals surface area contributed by atoms with Crippen molar-refractivity contribution in [2.24, 2.45) is 0 Å². The van der Waals surface area contributed by atoms with Gasteiger partial charge in [-0.25, -0.2) is 0 Å². The van der Waals surface area contributed by atoms with E-state index in [1.807, 2.05) is 36.4 Å². The van der Waals surface area contributed by atoms with Gasteiger partial charge >= 0.3 is 0 Å². The molecule has 0 radical (unpaired) electrons. The molecule has 1 saturated heterocycles. The van der Waals surface area contributed by atoms with Crippen LogP contribution in [0.5, 0.6) is 5.75 Å². The van der Waals surface area contributed by atoms with Crippen molar-refractivity contribution in [3.05, 3.63) is 65.2 Å². The highest BCUT2D eigenvalue weighted by atomic mass is 16.5. The summed E-state index contributed by atoms with van der Waals surface area (Å²) in [5.41, 5.74) is 3.24. The van der Waals surface area contributed by atoms with Crippen LogP contribution in [0.3, 0.4) is 0 Å². The molecule has 1 atom stereocenters. The van der Waals surface area contributed by atoms with Crippen LogP contribution in [-0.4, -0.2) is 31.6 Å². The van der Waals surface area contributed by atoms with Gasteiger partial charge in [0.1, 0.15) is 5.75 Å². The highest BCUT2D eigenvalue weighted by Gasteiger charge is 2.22. The smallest absolute Gasteiger partial charge is 0.118 e. The number of nitrogens with zero attached hydrogens (tertiary/aromatic N) is 2. The average molecular weight is 349 g/mol. The van der Waals surface area contributed by atoms with Crippen molar-refractivity contribution in [3.8, 4) is 11.8 Å². The van der Waals surface area contributed by atoms with Crippen LogP contribution in [0.4, 0.5) is 0 Å². The maximum atomic E-state index is 8.90. The van der Waals surface area contributed by atoms with Crippen molar-refractivity contribution >= 4 is 0 Å². The number of hydrogen-bond donors (Lipinski definition) is 1. The number of piperidine rings is 1. The molecule has 0 aliphatic carbocycles. The Balaban J connectivity index is 1.65. The summed E-state index contributed by atoms with van der Waals surface area (Å²) in [6.07, 6.45) is 3.90. The molecule has 1 N–H and O–H groups in total. The lowest BCUT2D eigenvalue weighted by Crippen LogP contribution is -2.39. The zero-order valence-corrected chi connectivity index (χ0v) is 15.4. The summed E-state index contributed by atoms with van der Waals surface area (Å²) in [7, 11) is 1.70. The van der Waals surface area contributed by atoms with Crippen LogP contribution in [0.15, 0.2) is 48.5 Å². The van der Waals surface area contributed by atoms with E-state index in [1.165, 1.54) is 30.4 Å². The van der Waals surface area contributed by atoms with Gasteiger partial charge in [-0.2, -0.15) is 5.26 Å². The van der Waals surface area contributed by atoms with Gasteiger partial charge < -0.3 is 10.1 Å². The fraction of sp³-hybridized carbons (Fsp3) is 0.409. The first-order valence-electron chi connectivity index (χ1n) is 9.38. The third kappa shape index (κ3) is 4.85. The molecule has 2 aromatic rings. The highest BCUT2D eigenvalue weighted by molar-refractivity contribution is 5.32. The van der Waals surface area contributed by atoms with E-state index in [4.69, 9.17) is 10.00 Å². The summed E-state index contributed by atoms with van der Waals surface area (Å²) >= 11 is 0. The van der Waals surface area contributed by atoms with Crippen molar-refractivity contribution in [1.29, 1.82) is 5.26 Å². The topological polar surface area (TPSA) is 48.3 Å². The molecule has 4 heteroatoms. The first kappa shape index (κ1) is 18.4. The maximum Gasteiger partial charge on any atom is 0.118 e. The molecule has 0 saturated carbocycles. The number of hydrogen-bond acceptors (Lipinski definition) is 4. The molecule has 1 aliphatic heterocycles. The van der Waals surface area contributed by atoms with Crippen molar-refractivity contribution < 1.29 is 4.74 Å². The van der Waals surface area contributed by atoms with E-state index < -0.39 is 0 Å². The summed E-state index contributed by atoms with van der Waals surface area (Å²) < 4.78 is 5.30. The number of benzene rings is 2. The number of ether oxygens (including phenoxy) is 1. The lowest BCUT2D eigenvalue weighted by atomic mass is 10.0. The Morgan fingerprint density at radius 1 is 1.04 bits per heavy atom. The van der Waals surface area contributed by atoms with Gasteiger partial charge in [0, 0.05) is 19.1 Å². The van der Waals surface area contributed by atoms with Crippen LogP contribution in [0.1, 0.15) is 42.0 Å². The summed E-state index contributed by atoms with van der Waals surface area (Å²) in [4.78, 5) is 2.59. The number of methoxy groups -OCH3 is 1. The molecule has 3 rings (SSSR count). The van der Waals surface area contributed by atoms with Crippen molar-refractivity contribution in [2.75, 3.05) is 26.7 Å². The standard InChI is InChI=1S/C22H27N3O/c1-26-21-11-9-20(10-12-21)22(25-13-3-2-4-14-25)17-24-16-19-7-5-18(15-23)6-8-19/h5-12,22,24H,2-4,13-14,16-17H2,1H3. The second kappa shape index (κ2) is 9.38. The quantitative estimate of drug-likeness (QED) is 0.824. The molecule has 0 spiro atoms. The van der Waals surface area contributed by atoms with Gasteiger partial charge in [-0.3, -0.25) is 4.90 Å². The number of nitrogens with one attached hydrogen (secondary N) is 1. The second-order valence-corrected chi connectivity index (χ2v) is 6.83. The Bertz CT molecular complexity index is 713. The van der Waals surface area contributed by atoms with E-state index in [0.717, 1.165) is 31.9 Å². The third-order valence-electron chi connectivity index (χ3n) is 5.08. The van der Waals surface area contributed by atoms with Crippen LogP contribution < -0.4 is 10.1 Å². The molecule has 1 unspecified atom stereocenters. The van der Waals surface area contributed by atoms with Crippen LogP contribution in [0.2, 0.25) is 0 Å². The maximum absolute atomic E-state index is 8.90. The molecule has 26 heavy (non-hydrogen) atoms. The van der Waals surface area contributed by atoms with E-state index >= 15 is 0 Å². The van der Waals surface area contributed by atoms with E-state index in [9.17, 15) is 0 Å². The third-order valence-corrected chi connectivity index (χ3v) is 5.08. The molecule has 0 bridgehead atoms. The summed E-state index contributed by atoms with van der Waals surface area (Å²) in [6, 6.07) is 18.8. The predicted octanol–water partition coefficient (Wildman–Crippen LogP) is 3.88. The lowest BCUT2D eigenvalue weighted by Gasteiger charge is -2.35. The van der Waals surface area contributed by atoms with Gasteiger partial charge in [0.05, 0.1) is 18.7 Å². The van der Waals surface area contributed by atoms with Crippen LogP contribution in [0.25, 0.3) is 0 Å². The normalized spacial score (nSPS) is 16.0. The van der Waals surface area contributed by atoms with Gasteiger partial charge in [-0.05, 0) is 61.3 Å². The first-order valence-corrected chi connectivity index (χ1v) is 9.38. The molecule has 1 aliphatic rings. The van der Waals surface area contributed by atoms with Gasteiger partial charge in [0.2, 0.25) is 0 Å². The van der Waals surface area contributed by atoms with E-state index in [0.29, 0.717) is 11.6 Å².